The molecule has 172 valence electrons. The highest BCUT2D eigenvalue weighted by molar-refractivity contribution is 6.76. The van der Waals surface area contributed by atoms with Crippen molar-refractivity contribution in [3.63, 3.8) is 0 Å². The van der Waals surface area contributed by atoms with Crippen molar-refractivity contribution in [3.05, 3.63) is 17.5 Å². The number of amides is 1. The van der Waals surface area contributed by atoms with Gasteiger partial charge in [-0.1, -0.05) is 31.2 Å². The van der Waals surface area contributed by atoms with E-state index in [4.69, 9.17) is 21.1 Å². The highest BCUT2D eigenvalue weighted by atomic mass is 35.5. The number of carbonyl (C=O) groups is 1. The molecule has 0 radical (unpaired) electrons. The molecule has 0 aromatic carbocycles. The van der Waals surface area contributed by atoms with E-state index in [1.54, 1.807) is 6.33 Å². The van der Waals surface area contributed by atoms with Gasteiger partial charge in [0.05, 0.1) is 10.9 Å². The SMILES string of the molecule is CC1(NC(=O)OC(C)(C)C)CN(c2ncnc3c2cc(Cl)n3COCC[Si](C)(C)C)C1. The topological polar surface area (TPSA) is 81.5 Å². The number of fused-ring (bicyclic) bond motifs is 1. The van der Waals surface area contributed by atoms with Crippen molar-refractivity contribution in [1.82, 2.24) is 19.9 Å². The highest BCUT2D eigenvalue weighted by Crippen LogP contribution is 2.34. The molecule has 1 N–H and O–H groups in total. The maximum Gasteiger partial charge on any atom is 0.408 e. The lowest BCUT2D eigenvalue weighted by atomic mass is 9.92. The summed E-state index contributed by atoms with van der Waals surface area (Å²) in [7, 11) is -1.15. The Morgan fingerprint density at radius 3 is 2.58 bits per heavy atom. The van der Waals surface area contributed by atoms with Crippen molar-refractivity contribution in [3.8, 4) is 0 Å². The van der Waals surface area contributed by atoms with Crippen molar-refractivity contribution >= 4 is 42.6 Å². The molecule has 31 heavy (non-hydrogen) atoms. The van der Waals surface area contributed by atoms with Crippen LogP contribution in [0, 0.1) is 0 Å². The first kappa shape index (κ1) is 23.8. The molecule has 0 atom stereocenters. The molecule has 3 rings (SSSR count). The maximum atomic E-state index is 12.1. The summed E-state index contributed by atoms with van der Waals surface area (Å²) < 4.78 is 13.1. The summed E-state index contributed by atoms with van der Waals surface area (Å²) in [4.78, 5) is 23.2. The zero-order valence-corrected chi connectivity index (χ0v) is 21.3. The number of nitrogens with zero attached hydrogens (tertiary/aromatic N) is 4. The Hall–Kier alpha value is -1.84. The van der Waals surface area contributed by atoms with Gasteiger partial charge >= 0.3 is 6.09 Å². The lowest BCUT2D eigenvalue weighted by molar-refractivity contribution is 0.0445. The van der Waals surface area contributed by atoms with Gasteiger partial charge in [0.15, 0.2) is 0 Å². The molecule has 2 aromatic heterocycles. The number of aromatic nitrogens is 3. The second-order valence-corrected chi connectivity index (χ2v) is 16.7. The van der Waals surface area contributed by atoms with Crippen molar-refractivity contribution in [2.45, 2.75) is 71.3 Å². The van der Waals surface area contributed by atoms with Gasteiger partial charge in [-0.3, -0.25) is 4.57 Å². The fraction of sp³-hybridized carbons (Fsp3) is 0.667. The van der Waals surface area contributed by atoms with E-state index in [1.807, 2.05) is 38.3 Å². The quantitative estimate of drug-likeness (QED) is 0.477. The van der Waals surface area contributed by atoms with Crippen LogP contribution in [-0.4, -0.2) is 59.5 Å². The second kappa shape index (κ2) is 8.59. The number of halogens is 1. The zero-order chi connectivity index (χ0) is 23.0. The minimum absolute atomic E-state index is 0.362. The molecule has 1 aliphatic rings. The molecule has 0 bridgehead atoms. The number of alkyl carbamates (subject to hydrolysis) is 1. The summed E-state index contributed by atoms with van der Waals surface area (Å²) in [5.41, 5.74) is -0.164. The van der Waals surface area contributed by atoms with E-state index in [9.17, 15) is 4.79 Å². The monoisotopic (exact) mass is 467 g/mol. The first-order chi connectivity index (χ1) is 14.3. The second-order valence-electron chi connectivity index (χ2n) is 10.7. The number of carbonyl (C=O) groups excluding carboxylic acids is 1. The molecule has 2 aromatic rings. The standard InChI is InChI=1S/C21H34ClN5O3Si/c1-20(2,3)30-19(28)25-21(4)11-26(12-21)17-15-10-16(22)27(18(15)24-13-23-17)14-29-8-9-31(5,6)7/h10,13H,8-9,11-12,14H2,1-7H3,(H,25,28). The first-order valence-electron chi connectivity index (χ1n) is 10.6. The Bertz CT molecular complexity index is 945. The Kier molecular flexibility index (Phi) is 6.60. The van der Waals surface area contributed by atoms with Crippen LogP contribution in [0.2, 0.25) is 30.8 Å². The number of ether oxygens (including phenoxy) is 2. The Morgan fingerprint density at radius 2 is 1.97 bits per heavy atom. The van der Waals surface area contributed by atoms with E-state index in [2.05, 4.69) is 39.8 Å². The zero-order valence-electron chi connectivity index (χ0n) is 19.6. The number of hydrogen-bond donors (Lipinski definition) is 1. The van der Waals surface area contributed by atoms with Gasteiger partial charge in [0.25, 0.3) is 0 Å². The molecular formula is C21H34ClN5O3Si. The third-order valence-corrected chi connectivity index (χ3v) is 7.03. The first-order valence-corrected chi connectivity index (χ1v) is 14.7. The third-order valence-electron chi connectivity index (χ3n) is 5.02. The van der Waals surface area contributed by atoms with Gasteiger partial charge in [0, 0.05) is 27.8 Å². The van der Waals surface area contributed by atoms with Crippen LogP contribution in [0.3, 0.4) is 0 Å². The van der Waals surface area contributed by atoms with Gasteiger partial charge in [-0.15, -0.1) is 0 Å². The van der Waals surface area contributed by atoms with Crippen LogP contribution in [0.4, 0.5) is 10.6 Å². The molecular weight excluding hydrogens is 434 g/mol. The lowest BCUT2D eigenvalue weighted by Crippen LogP contribution is -2.69. The van der Waals surface area contributed by atoms with Gasteiger partial charge in [-0.05, 0) is 39.8 Å². The van der Waals surface area contributed by atoms with Crippen LogP contribution in [0.1, 0.15) is 27.7 Å². The van der Waals surface area contributed by atoms with Gasteiger partial charge in [-0.25, -0.2) is 14.8 Å². The van der Waals surface area contributed by atoms with Gasteiger partial charge in [0.1, 0.15) is 35.3 Å². The minimum Gasteiger partial charge on any atom is -0.444 e. The number of rotatable bonds is 7. The predicted octanol–water partition coefficient (Wildman–Crippen LogP) is 4.50. The smallest absolute Gasteiger partial charge is 0.408 e. The summed E-state index contributed by atoms with van der Waals surface area (Å²) in [6, 6.07) is 2.98. The van der Waals surface area contributed by atoms with Gasteiger partial charge in [0.2, 0.25) is 0 Å². The molecule has 1 aliphatic heterocycles. The van der Waals surface area contributed by atoms with Gasteiger partial charge < -0.3 is 19.7 Å². The normalized spacial score (nSPS) is 16.3. The Balaban J connectivity index is 1.67. The van der Waals surface area contributed by atoms with E-state index in [-0.39, 0.29) is 5.54 Å². The van der Waals surface area contributed by atoms with E-state index in [1.165, 1.54) is 0 Å². The van der Waals surface area contributed by atoms with Crippen LogP contribution in [0.25, 0.3) is 11.0 Å². The number of nitrogens with one attached hydrogen (secondary N) is 1. The fourth-order valence-electron chi connectivity index (χ4n) is 3.50. The van der Waals surface area contributed by atoms with Crippen LogP contribution in [0.15, 0.2) is 12.4 Å². The Morgan fingerprint density at radius 1 is 1.29 bits per heavy atom. The van der Waals surface area contributed by atoms with Crippen LogP contribution >= 0.6 is 11.6 Å². The summed E-state index contributed by atoms with van der Waals surface area (Å²) in [5, 5.41) is 4.41. The van der Waals surface area contributed by atoms with E-state index in [0.29, 0.717) is 31.6 Å². The van der Waals surface area contributed by atoms with Crippen molar-refractivity contribution in [2.75, 3.05) is 24.6 Å². The fourth-order valence-corrected chi connectivity index (χ4v) is 4.50. The highest BCUT2D eigenvalue weighted by Gasteiger charge is 2.42. The third kappa shape index (κ3) is 6.11. The summed E-state index contributed by atoms with van der Waals surface area (Å²) in [6.45, 7) is 16.8. The minimum atomic E-state index is -1.15. The maximum absolute atomic E-state index is 12.1. The van der Waals surface area contributed by atoms with E-state index < -0.39 is 19.8 Å². The lowest BCUT2D eigenvalue weighted by Gasteiger charge is -2.48. The molecule has 0 saturated carbocycles. The summed E-state index contributed by atoms with van der Waals surface area (Å²) in [5.74, 6) is 0.802. The molecule has 0 spiro atoms. The molecule has 0 unspecified atom stereocenters. The molecule has 1 saturated heterocycles. The average molecular weight is 468 g/mol. The Labute approximate surface area is 190 Å². The van der Waals surface area contributed by atoms with Crippen LogP contribution < -0.4 is 10.2 Å². The molecule has 3 heterocycles. The number of anilines is 1. The largest absolute Gasteiger partial charge is 0.444 e. The summed E-state index contributed by atoms with van der Waals surface area (Å²) >= 11 is 6.49. The average Bonchev–Trinajstić information content (AvgIpc) is 2.89. The van der Waals surface area contributed by atoms with Crippen molar-refractivity contribution in [1.29, 1.82) is 0 Å². The van der Waals surface area contributed by atoms with Crippen LogP contribution in [0.5, 0.6) is 0 Å². The van der Waals surface area contributed by atoms with Crippen molar-refractivity contribution in [2.24, 2.45) is 0 Å². The van der Waals surface area contributed by atoms with Crippen LogP contribution in [-0.2, 0) is 16.2 Å². The predicted molar refractivity (Wildman–Crippen MR) is 127 cm³/mol. The molecule has 1 fully saturated rings. The summed E-state index contributed by atoms with van der Waals surface area (Å²) in [6.07, 6.45) is 1.14. The van der Waals surface area contributed by atoms with E-state index >= 15 is 0 Å². The molecule has 10 heteroatoms. The van der Waals surface area contributed by atoms with E-state index in [0.717, 1.165) is 22.9 Å². The molecule has 1 amide bonds. The molecule has 0 aliphatic carbocycles. The molecule has 8 nitrogen and oxygen atoms in total. The number of hydrogen-bond acceptors (Lipinski definition) is 6. The van der Waals surface area contributed by atoms with Gasteiger partial charge in [-0.2, -0.15) is 0 Å². The van der Waals surface area contributed by atoms with Crippen molar-refractivity contribution < 1.29 is 14.3 Å².